The Kier molecular flexibility index (Phi) is 11.7. The van der Waals surface area contributed by atoms with Gasteiger partial charge < -0.3 is 24.8 Å². The van der Waals surface area contributed by atoms with E-state index in [1.54, 1.807) is 14.2 Å². The van der Waals surface area contributed by atoms with Gasteiger partial charge in [-0.3, -0.25) is 9.79 Å². The van der Waals surface area contributed by atoms with Gasteiger partial charge in [-0.25, -0.2) is 0 Å². The Labute approximate surface area is 162 Å². The van der Waals surface area contributed by atoms with Crippen molar-refractivity contribution in [1.82, 2.24) is 10.6 Å². The summed E-state index contributed by atoms with van der Waals surface area (Å²) in [6.45, 7) is 4.71. The van der Waals surface area contributed by atoms with Gasteiger partial charge in [0.25, 0.3) is 0 Å². The number of benzene rings is 1. The van der Waals surface area contributed by atoms with Crippen molar-refractivity contribution in [3.8, 4) is 5.75 Å². The lowest BCUT2D eigenvalue weighted by Crippen LogP contribution is -2.37. The molecule has 0 aromatic heterocycles. The van der Waals surface area contributed by atoms with Crippen molar-refractivity contribution in [1.29, 1.82) is 0 Å². The van der Waals surface area contributed by atoms with Crippen LogP contribution in [-0.2, 0) is 20.8 Å². The number of ether oxygens (including phenoxy) is 3. The Bertz CT molecular complexity index is 591. The zero-order valence-electron chi connectivity index (χ0n) is 17.0. The van der Waals surface area contributed by atoms with E-state index in [2.05, 4.69) is 32.5 Å². The van der Waals surface area contributed by atoms with Gasteiger partial charge in [-0.1, -0.05) is 12.1 Å². The molecule has 0 fully saturated rings. The van der Waals surface area contributed by atoms with Gasteiger partial charge in [0, 0.05) is 52.3 Å². The highest BCUT2D eigenvalue weighted by molar-refractivity contribution is 5.79. The summed E-state index contributed by atoms with van der Waals surface area (Å²) >= 11 is 0. The first-order valence-electron chi connectivity index (χ1n) is 9.33. The minimum atomic E-state index is -0.171. The summed E-state index contributed by atoms with van der Waals surface area (Å²) in [5.41, 5.74) is 2.24. The van der Waals surface area contributed by atoms with E-state index in [0.717, 1.165) is 48.6 Å². The number of aliphatic imine (C=N–C) groups is 1. The molecule has 27 heavy (non-hydrogen) atoms. The smallest absolute Gasteiger partial charge is 0.305 e. The van der Waals surface area contributed by atoms with Gasteiger partial charge in [-0.15, -0.1) is 0 Å². The first-order chi connectivity index (χ1) is 13.1. The van der Waals surface area contributed by atoms with Crippen molar-refractivity contribution in [2.45, 2.75) is 39.2 Å². The number of nitrogens with zero attached hydrogens (tertiary/aromatic N) is 1. The van der Waals surface area contributed by atoms with Gasteiger partial charge in [0.15, 0.2) is 5.96 Å². The van der Waals surface area contributed by atoms with Crippen LogP contribution >= 0.6 is 0 Å². The molecule has 0 aliphatic heterocycles. The summed E-state index contributed by atoms with van der Waals surface area (Å²) in [5.74, 6) is 1.43. The van der Waals surface area contributed by atoms with Gasteiger partial charge in [0.1, 0.15) is 5.75 Å². The molecule has 0 amide bonds. The second-order valence-corrected chi connectivity index (χ2v) is 6.19. The minimum Gasteiger partial charge on any atom is -0.493 e. The fraction of sp³-hybridized carbons (Fsp3) is 0.600. The third-order valence-electron chi connectivity index (χ3n) is 3.97. The number of hydrogen-bond donors (Lipinski definition) is 2. The number of unbranched alkanes of at least 4 members (excludes halogenated alkanes) is 1. The summed E-state index contributed by atoms with van der Waals surface area (Å²) in [6, 6.07) is 6.19. The lowest BCUT2D eigenvalue weighted by atomic mass is 10.1. The number of esters is 1. The largest absolute Gasteiger partial charge is 0.493 e. The first kappa shape index (κ1) is 22.8. The highest BCUT2D eigenvalue weighted by atomic mass is 16.5. The summed E-state index contributed by atoms with van der Waals surface area (Å²) in [7, 11) is 4.84. The second kappa shape index (κ2) is 13.9. The fourth-order valence-corrected chi connectivity index (χ4v) is 2.43. The summed E-state index contributed by atoms with van der Waals surface area (Å²) in [5, 5.41) is 6.55. The van der Waals surface area contributed by atoms with E-state index in [0.29, 0.717) is 26.2 Å². The predicted molar refractivity (Wildman–Crippen MR) is 107 cm³/mol. The van der Waals surface area contributed by atoms with Crippen molar-refractivity contribution in [2.75, 3.05) is 41.0 Å². The Hall–Kier alpha value is -2.28. The van der Waals surface area contributed by atoms with E-state index in [1.165, 1.54) is 7.11 Å². The van der Waals surface area contributed by atoms with E-state index in [4.69, 9.17) is 9.47 Å². The quantitative estimate of drug-likeness (QED) is 0.251. The third-order valence-corrected chi connectivity index (χ3v) is 3.97. The van der Waals surface area contributed by atoms with E-state index >= 15 is 0 Å². The van der Waals surface area contributed by atoms with E-state index in [-0.39, 0.29) is 5.97 Å². The molecular weight excluding hydrogens is 346 g/mol. The average Bonchev–Trinajstić information content (AvgIpc) is 2.68. The molecule has 1 rings (SSSR count). The fourth-order valence-electron chi connectivity index (χ4n) is 2.43. The number of rotatable bonds is 12. The van der Waals surface area contributed by atoms with Gasteiger partial charge >= 0.3 is 5.97 Å². The van der Waals surface area contributed by atoms with Crippen molar-refractivity contribution in [3.63, 3.8) is 0 Å². The van der Waals surface area contributed by atoms with Crippen molar-refractivity contribution >= 4 is 11.9 Å². The monoisotopic (exact) mass is 379 g/mol. The molecule has 0 unspecified atom stereocenters. The molecule has 0 aliphatic rings. The van der Waals surface area contributed by atoms with E-state index in [9.17, 15) is 4.79 Å². The van der Waals surface area contributed by atoms with Crippen LogP contribution in [0.5, 0.6) is 5.75 Å². The van der Waals surface area contributed by atoms with Crippen LogP contribution < -0.4 is 15.4 Å². The lowest BCUT2D eigenvalue weighted by molar-refractivity contribution is -0.140. The van der Waals surface area contributed by atoms with Crippen LogP contribution in [0.2, 0.25) is 0 Å². The minimum absolute atomic E-state index is 0.171. The van der Waals surface area contributed by atoms with Gasteiger partial charge in [-0.2, -0.15) is 0 Å². The van der Waals surface area contributed by atoms with Crippen LogP contribution in [-0.4, -0.2) is 53.0 Å². The molecule has 0 bridgehead atoms. The van der Waals surface area contributed by atoms with Crippen LogP contribution in [0.1, 0.15) is 36.8 Å². The van der Waals surface area contributed by atoms with Crippen LogP contribution in [0.3, 0.4) is 0 Å². The zero-order chi connectivity index (χ0) is 19.9. The Morgan fingerprint density at radius 2 is 1.93 bits per heavy atom. The Balaban J connectivity index is 2.44. The second-order valence-electron chi connectivity index (χ2n) is 6.19. The molecule has 0 heterocycles. The maximum atomic E-state index is 11.1. The molecule has 152 valence electrons. The number of aryl methyl sites for hydroxylation is 1. The molecule has 7 heteroatoms. The Morgan fingerprint density at radius 1 is 1.11 bits per heavy atom. The molecule has 1 aromatic carbocycles. The number of methoxy groups -OCH3 is 2. The zero-order valence-corrected chi connectivity index (χ0v) is 17.0. The summed E-state index contributed by atoms with van der Waals surface area (Å²) in [4.78, 5) is 15.3. The summed E-state index contributed by atoms with van der Waals surface area (Å²) in [6.07, 6.45) is 2.95. The standard InChI is InChI=1S/C20H33N3O4/c1-16-9-10-17(18(14-16)27-13-7-12-25-3)15-23-20(21-2)22-11-6-5-8-19(24)26-4/h9-10,14H,5-8,11-13,15H2,1-4H3,(H2,21,22,23). The molecule has 0 saturated carbocycles. The number of carbonyl (C=O) groups excluding carboxylic acids is 1. The molecule has 2 N–H and O–H groups in total. The third kappa shape index (κ3) is 9.84. The molecule has 0 saturated heterocycles. The van der Waals surface area contributed by atoms with Gasteiger partial charge in [-0.05, 0) is 31.4 Å². The molecule has 0 aliphatic carbocycles. The molecule has 0 radical (unpaired) electrons. The van der Waals surface area contributed by atoms with Crippen molar-refractivity contribution in [2.24, 2.45) is 4.99 Å². The van der Waals surface area contributed by atoms with E-state index < -0.39 is 0 Å². The Morgan fingerprint density at radius 3 is 2.63 bits per heavy atom. The van der Waals surface area contributed by atoms with Crippen LogP contribution in [0.4, 0.5) is 0 Å². The molecule has 0 spiro atoms. The normalized spacial score (nSPS) is 11.2. The van der Waals surface area contributed by atoms with Crippen molar-refractivity contribution < 1.29 is 19.0 Å². The highest BCUT2D eigenvalue weighted by Gasteiger charge is 2.06. The maximum Gasteiger partial charge on any atom is 0.305 e. The maximum absolute atomic E-state index is 11.1. The topological polar surface area (TPSA) is 81.2 Å². The van der Waals surface area contributed by atoms with Gasteiger partial charge in [0.05, 0.1) is 13.7 Å². The molecule has 1 aromatic rings. The van der Waals surface area contributed by atoms with Crippen LogP contribution in [0, 0.1) is 6.92 Å². The first-order valence-corrected chi connectivity index (χ1v) is 9.33. The molecule has 0 atom stereocenters. The number of nitrogens with one attached hydrogen (secondary N) is 2. The SMILES string of the molecule is CN=C(NCCCCC(=O)OC)NCc1ccc(C)cc1OCCCOC. The number of hydrogen-bond acceptors (Lipinski definition) is 5. The predicted octanol–water partition coefficient (Wildman–Crippen LogP) is 2.42. The van der Waals surface area contributed by atoms with Crippen molar-refractivity contribution in [3.05, 3.63) is 29.3 Å². The average molecular weight is 380 g/mol. The molecular formula is C20H33N3O4. The number of carbonyl (C=O) groups is 1. The highest BCUT2D eigenvalue weighted by Crippen LogP contribution is 2.20. The lowest BCUT2D eigenvalue weighted by Gasteiger charge is -2.15. The van der Waals surface area contributed by atoms with Gasteiger partial charge in [0.2, 0.25) is 0 Å². The summed E-state index contributed by atoms with van der Waals surface area (Å²) < 4.78 is 15.6. The number of guanidine groups is 1. The van der Waals surface area contributed by atoms with Crippen LogP contribution in [0.25, 0.3) is 0 Å². The van der Waals surface area contributed by atoms with Crippen LogP contribution in [0.15, 0.2) is 23.2 Å². The molecule has 7 nitrogen and oxygen atoms in total. The van der Waals surface area contributed by atoms with E-state index in [1.807, 2.05) is 13.0 Å².